The first-order valence-electron chi connectivity index (χ1n) is 4.81. The van der Waals surface area contributed by atoms with Crippen LogP contribution >= 0.6 is 0 Å². The Hall–Kier alpha value is -2.10. The van der Waals surface area contributed by atoms with E-state index >= 15 is 0 Å². The lowest BCUT2D eigenvalue weighted by atomic mass is 10.3. The largest absolute Gasteiger partial charge is 0.452 e. The molecular formula is C12H11FN2O. The minimum atomic E-state index is -0.483. The van der Waals surface area contributed by atoms with E-state index in [1.807, 2.05) is 0 Å². The van der Waals surface area contributed by atoms with Gasteiger partial charge >= 0.3 is 0 Å². The predicted octanol–water partition coefficient (Wildman–Crippen LogP) is 2.90. The number of nitrogen functional groups attached to an aromatic ring is 1. The Bertz CT molecular complexity index is 514. The van der Waals surface area contributed by atoms with Crippen LogP contribution in [0.1, 0.15) is 5.69 Å². The zero-order valence-electron chi connectivity index (χ0n) is 8.77. The first kappa shape index (κ1) is 10.4. The van der Waals surface area contributed by atoms with E-state index < -0.39 is 5.82 Å². The number of anilines is 1. The van der Waals surface area contributed by atoms with Crippen molar-refractivity contribution in [3.8, 4) is 11.5 Å². The van der Waals surface area contributed by atoms with Gasteiger partial charge in [0.2, 0.25) is 0 Å². The van der Waals surface area contributed by atoms with Crippen molar-refractivity contribution in [2.24, 2.45) is 0 Å². The number of ether oxygens (including phenoxy) is 1. The van der Waals surface area contributed by atoms with Gasteiger partial charge in [-0.2, -0.15) is 0 Å². The van der Waals surface area contributed by atoms with Crippen LogP contribution in [0, 0.1) is 12.7 Å². The summed E-state index contributed by atoms with van der Waals surface area (Å²) in [6.45, 7) is 1.80. The summed E-state index contributed by atoms with van der Waals surface area (Å²) in [7, 11) is 0. The van der Waals surface area contributed by atoms with Crippen molar-refractivity contribution in [2.45, 2.75) is 6.92 Å². The second kappa shape index (κ2) is 4.18. The van der Waals surface area contributed by atoms with Gasteiger partial charge in [-0.25, -0.2) is 4.39 Å². The number of rotatable bonds is 2. The van der Waals surface area contributed by atoms with Crippen molar-refractivity contribution in [3.63, 3.8) is 0 Å². The van der Waals surface area contributed by atoms with Crippen LogP contribution in [-0.4, -0.2) is 4.98 Å². The molecule has 2 N–H and O–H groups in total. The summed E-state index contributed by atoms with van der Waals surface area (Å²) in [4.78, 5) is 4.05. The molecule has 0 radical (unpaired) electrons. The predicted molar refractivity (Wildman–Crippen MR) is 59.9 cm³/mol. The summed E-state index contributed by atoms with van der Waals surface area (Å²) in [6.07, 6.45) is 1.65. The van der Waals surface area contributed by atoms with Gasteiger partial charge in [-0.15, -0.1) is 0 Å². The first-order chi connectivity index (χ1) is 7.66. The highest BCUT2D eigenvalue weighted by Gasteiger charge is 2.06. The van der Waals surface area contributed by atoms with Crippen molar-refractivity contribution in [1.82, 2.24) is 4.98 Å². The third kappa shape index (κ3) is 2.11. The maximum Gasteiger partial charge on any atom is 0.167 e. The van der Waals surface area contributed by atoms with Crippen LogP contribution in [0.2, 0.25) is 0 Å². The molecule has 0 aliphatic rings. The van der Waals surface area contributed by atoms with E-state index in [1.54, 1.807) is 31.3 Å². The molecule has 0 unspecified atom stereocenters. The summed E-state index contributed by atoms with van der Waals surface area (Å²) in [5, 5.41) is 0. The lowest BCUT2D eigenvalue weighted by Gasteiger charge is -2.08. The quantitative estimate of drug-likeness (QED) is 0.788. The molecule has 1 aromatic carbocycles. The normalized spacial score (nSPS) is 10.1. The molecular weight excluding hydrogens is 207 g/mol. The van der Waals surface area contributed by atoms with E-state index in [-0.39, 0.29) is 5.75 Å². The fourth-order valence-corrected chi connectivity index (χ4v) is 1.30. The van der Waals surface area contributed by atoms with Crippen molar-refractivity contribution in [2.75, 3.05) is 5.73 Å². The summed E-state index contributed by atoms with van der Waals surface area (Å²) < 4.78 is 18.8. The lowest BCUT2D eigenvalue weighted by molar-refractivity contribution is 0.437. The molecule has 0 bridgehead atoms. The number of benzene rings is 1. The molecule has 2 rings (SSSR count). The number of halogens is 1. The number of nitrogens with two attached hydrogens (primary N) is 1. The number of nitrogens with zero attached hydrogens (tertiary/aromatic N) is 1. The van der Waals surface area contributed by atoms with Gasteiger partial charge in [0, 0.05) is 18.0 Å². The minimum absolute atomic E-state index is 0.144. The van der Waals surface area contributed by atoms with E-state index in [1.165, 1.54) is 12.1 Å². The Kier molecular flexibility index (Phi) is 2.72. The van der Waals surface area contributed by atoms with Gasteiger partial charge in [-0.3, -0.25) is 4.98 Å². The first-order valence-corrected chi connectivity index (χ1v) is 4.81. The standard InChI is InChI=1S/C12H11FN2O/c1-8-11(3-2-6-15-8)16-12-5-4-9(14)7-10(12)13/h2-7H,14H2,1H3. The molecule has 0 spiro atoms. The van der Waals surface area contributed by atoms with Gasteiger partial charge < -0.3 is 10.5 Å². The fourth-order valence-electron chi connectivity index (χ4n) is 1.30. The van der Waals surface area contributed by atoms with Crippen LogP contribution in [0.15, 0.2) is 36.5 Å². The molecule has 0 saturated heterocycles. The van der Waals surface area contributed by atoms with Crippen LogP contribution in [0.3, 0.4) is 0 Å². The van der Waals surface area contributed by atoms with Gasteiger partial charge in [0.25, 0.3) is 0 Å². The maximum atomic E-state index is 13.4. The Morgan fingerprint density at radius 1 is 1.25 bits per heavy atom. The van der Waals surface area contributed by atoms with Gasteiger partial charge in [-0.1, -0.05) is 0 Å². The molecule has 0 aliphatic carbocycles. The molecule has 82 valence electrons. The van der Waals surface area contributed by atoms with E-state index in [9.17, 15) is 4.39 Å². The van der Waals surface area contributed by atoms with Gasteiger partial charge in [-0.05, 0) is 31.2 Å². The monoisotopic (exact) mass is 218 g/mol. The second-order valence-corrected chi connectivity index (χ2v) is 3.38. The summed E-state index contributed by atoms with van der Waals surface area (Å²) in [5.74, 6) is 0.194. The van der Waals surface area contributed by atoms with E-state index in [0.717, 1.165) is 0 Å². The topological polar surface area (TPSA) is 48.1 Å². The SMILES string of the molecule is Cc1ncccc1Oc1ccc(N)cc1F. The highest BCUT2D eigenvalue weighted by atomic mass is 19.1. The lowest BCUT2D eigenvalue weighted by Crippen LogP contribution is -1.93. The molecule has 4 heteroatoms. The highest BCUT2D eigenvalue weighted by Crippen LogP contribution is 2.26. The van der Waals surface area contributed by atoms with Crippen molar-refractivity contribution in [3.05, 3.63) is 48.0 Å². The fraction of sp³-hybridized carbons (Fsp3) is 0.0833. The van der Waals surface area contributed by atoms with Crippen LogP contribution in [-0.2, 0) is 0 Å². The molecule has 1 aromatic heterocycles. The maximum absolute atomic E-state index is 13.4. The third-order valence-electron chi connectivity index (χ3n) is 2.13. The van der Waals surface area contributed by atoms with Crippen LogP contribution < -0.4 is 10.5 Å². The molecule has 0 amide bonds. The molecule has 16 heavy (non-hydrogen) atoms. The smallest absolute Gasteiger partial charge is 0.167 e. The minimum Gasteiger partial charge on any atom is -0.452 e. The summed E-state index contributed by atoms with van der Waals surface area (Å²) in [5.41, 5.74) is 6.52. The highest BCUT2D eigenvalue weighted by molar-refractivity contribution is 5.44. The Labute approximate surface area is 92.7 Å². The number of pyridine rings is 1. The molecule has 0 aliphatic heterocycles. The summed E-state index contributed by atoms with van der Waals surface area (Å²) in [6, 6.07) is 7.78. The van der Waals surface area contributed by atoms with Crippen molar-refractivity contribution < 1.29 is 9.13 Å². The van der Waals surface area contributed by atoms with E-state index in [4.69, 9.17) is 10.5 Å². The van der Waals surface area contributed by atoms with Crippen molar-refractivity contribution in [1.29, 1.82) is 0 Å². The second-order valence-electron chi connectivity index (χ2n) is 3.38. The third-order valence-corrected chi connectivity index (χ3v) is 2.13. The molecule has 0 atom stereocenters. The number of hydrogen-bond acceptors (Lipinski definition) is 3. The zero-order chi connectivity index (χ0) is 11.5. The van der Waals surface area contributed by atoms with E-state index in [2.05, 4.69) is 4.98 Å². The zero-order valence-corrected chi connectivity index (χ0v) is 8.77. The van der Waals surface area contributed by atoms with Gasteiger partial charge in [0.15, 0.2) is 11.6 Å². The Morgan fingerprint density at radius 3 is 2.75 bits per heavy atom. The molecule has 3 nitrogen and oxygen atoms in total. The van der Waals surface area contributed by atoms with E-state index in [0.29, 0.717) is 17.1 Å². The molecule has 2 aromatic rings. The van der Waals surface area contributed by atoms with Gasteiger partial charge in [0.1, 0.15) is 5.75 Å². The number of hydrogen-bond donors (Lipinski definition) is 1. The Morgan fingerprint density at radius 2 is 2.06 bits per heavy atom. The average Bonchev–Trinajstić information content (AvgIpc) is 2.25. The average molecular weight is 218 g/mol. The van der Waals surface area contributed by atoms with Crippen LogP contribution in [0.4, 0.5) is 10.1 Å². The molecule has 1 heterocycles. The Balaban J connectivity index is 2.31. The van der Waals surface area contributed by atoms with Crippen LogP contribution in [0.5, 0.6) is 11.5 Å². The number of aryl methyl sites for hydroxylation is 1. The molecule has 0 saturated carbocycles. The molecule has 0 fully saturated rings. The summed E-state index contributed by atoms with van der Waals surface area (Å²) >= 11 is 0. The van der Waals surface area contributed by atoms with Gasteiger partial charge in [0.05, 0.1) is 5.69 Å². The van der Waals surface area contributed by atoms with Crippen molar-refractivity contribution >= 4 is 5.69 Å². The number of aromatic nitrogens is 1. The van der Waals surface area contributed by atoms with Crippen LogP contribution in [0.25, 0.3) is 0 Å².